The summed E-state index contributed by atoms with van der Waals surface area (Å²) in [6, 6.07) is 0. The molecule has 1 nitrogen and oxygen atoms in total. The summed E-state index contributed by atoms with van der Waals surface area (Å²) >= 11 is 0. The first-order valence-corrected chi connectivity index (χ1v) is 4.26. The van der Waals surface area contributed by atoms with Crippen molar-refractivity contribution in [2.75, 3.05) is 0 Å². The van der Waals surface area contributed by atoms with Crippen LogP contribution in [0, 0.1) is 17.3 Å². The molecule has 2 rings (SSSR count). The van der Waals surface area contributed by atoms with Crippen LogP contribution in [0.4, 0.5) is 0 Å². The van der Waals surface area contributed by atoms with Gasteiger partial charge in [0.1, 0.15) is 5.78 Å². The maximum absolute atomic E-state index is 11.5. The van der Waals surface area contributed by atoms with E-state index in [1.54, 1.807) is 0 Å². The smallest absolute Gasteiger partial charge is 0.146 e. The largest absolute Gasteiger partial charge is 0.298 e. The van der Waals surface area contributed by atoms with Gasteiger partial charge in [0.15, 0.2) is 0 Å². The minimum atomic E-state index is -0.0288. The molecule has 2 atom stereocenters. The lowest BCUT2D eigenvalue weighted by Crippen LogP contribution is -2.52. The molecule has 0 spiro atoms. The van der Waals surface area contributed by atoms with Crippen molar-refractivity contribution in [3.05, 3.63) is 11.6 Å². The molecule has 0 aromatic heterocycles. The van der Waals surface area contributed by atoms with E-state index in [4.69, 9.17) is 0 Å². The van der Waals surface area contributed by atoms with E-state index in [2.05, 4.69) is 26.8 Å². The zero-order valence-electron chi connectivity index (χ0n) is 7.35. The minimum absolute atomic E-state index is 0.0288. The van der Waals surface area contributed by atoms with E-state index in [0.717, 1.165) is 6.42 Å². The van der Waals surface area contributed by atoms with Crippen LogP contribution in [0.25, 0.3) is 0 Å². The Morgan fingerprint density at radius 1 is 1.55 bits per heavy atom. The lowest BCUT2D eigenvalue weighted by atomic mass is 9.54. The van der Waals surface area contributed by atoms with Crippen LogP contribution in [0.5, 0.6) is 0 Å². The quantitative estimate of drug-likeness (QED) is 0.484. The van der Waals surface area contributed by atoms with Crippen molar-refractivity contribution in [3.8, 4) is 0 Å². The van der Waals surface area contributed by atoms with E-state index in [1.807, 2.05) is 0 Å². The SMILES string of the molecule is CC1=CC[C@@H]2[C@H]1C(=O)C2(C)C. The maximum Gasteiger partial charge on any atom is 0.146 e. The van der Waals surface area contributed by atoms with E-state index in [1.165, 1.54) is 5.57 Å². The van der Waals surface area contributed by atoms with Gasteiger partial charge in [-0.1, -0.05) is 25.5 Å². The Balaban J connectivity index is 2.29. The zero-order valence-corrected chi connectivity index (χ0v) is 7.35. The van der Waals surface area contributed by atoms with Crippen molar-refractivity contribution in [1.29, 1.82) is 0 Å². The first-order chi connectivity index (χ1) is 5.05. The predicted molar refractivity (Wildman–Crippen MR) is 44.1 cm³/mol. The average Bonchev–Trinajstić information content (AvgIpc) is 2.29. The van der Waals surface area contributed by atoms with Gasteiger partial charge in [-0.05, 0) is 19.3 Å². The van der Waals surface area contributed by atoms with Crippen molar-refractivity contribution < 1.29 is 4.79 Å². The molecule has 0 amide bonds. The van der Waals surface area contributed by atoms with Crippen molar-refractivity contribution >= 4 is 5.78 Å². The van der Waals surface area contributed by atoms with Crippen LogP contribution >= 0.6 is 0 Å². The summed E-state index contributed by atoms with van der Waals surface area (Å²) in [6.07, 6.45) is 3.34. The first kappa shape index (κ1) is 7.08. The Kier molecular flexibility index (Phi) is 1.14. The Morgan fingerprint density at radius 2 is 2.18 bits per heavy atom. The molecule has 1 saturated carbocycles. The van der Waals surface area contributed by atoms with E-state index in [9.17, 15) is 4.79 Å². The Morgan fingerprint density at radius 3 is 2.73 bits per heavy atom. The number of allylic oxidation sites excluding steroid dienone is 2. The number of rotatable bonds is 0. The number of hydrogen-bond acceptors (Lipinski definition) is 1. The van der Waals surface area contributed by atoms with E-state index < -0.39 is 0 Å². The Labute approximate surface area is 67.5 Å². The van der Waals surface area contributed by atoms with E-state index >= 15 is 0 Å². The normalized spacial score (nSPS) is 39.5. The summed E-state index contributed by atoms with van der Waals surface area (Å²) in [6.45, 7) is 6.23. The van der Waals surface area contributed by atoms with Crippen LogP contribution in [0.1, 0.15) is 27.2 Å². The van der Waals surface area contributed by atoms with Crippen molar-refractivity contribution in [2.45, 2.75) is 27.2 Å². The van der Waals surface area contributed by atoms with Gasteiger partial charge in [0.25, 0.3) is 0 Å². The van der Waals surface area contributed by atoms with Gasteiger partial charge in [-0.25, -0.2) is 0 Å². The predicted octanol–water partition coefficient (Wildman–Crippen LogP) is 2.18. The number of Topliss-reactive ketones (excluding diaryl/α,β-unsaturated/α-hetero) is 1. The summed E-state index contributed by atoms with van der Waals surface area (Å²) in [5, 5.41) is 0. The highest BCUT2D eigenvalue weighted by atomic mass is 16.1. The van der Waals surface area contributed by atoms with Crippen LogP contribution < -0.4 is 0 Å². The van der Waals surface area contributed by atoms with Gasteiger partial charge in [-0.3, -0.25) is 4.79 Å². The maximum atomic E-state index is 11.5. The molecular formula is C10H14O. The molecule has 2 aliphatic rings. The van der Waals surface area contributed by atoms with Gasteiger partial charge >= 0.3 is 0 Å². The monoisotopic (exact) mass is 150 g/mol. The highest BCUT2D eigenvalue weighted by Crippen LogP contribution is 2.55. The molecule has 2 aliphatic carbocycles. The number of carbonyl (C=O) groups is 1. The lowest BCUT2D eigenvalue weighted by molar-refractivity contribution is -0.148. The third kappa shape index (κ3) is 0.640. The highest BCUT2D eigenvalue weighted by Gasteiger charge is 2.57. The second-order valence-corrected chi connectivity index (χ2v) is 4.35. The second kappa shape index (κ2) is 1.77. The fourth-order valence-electron chi connectivity index (χ4n) is 2.48. The van der Waals surface area contributed by atoms with Crippen LogP contribution in [0.2, 0.25) is 0 Å². The molecule has 0 N–H and O–H groups in total. The molecule has 60 valence electrons. The summed E-state index contributed by atoms with van der Waals surface area (Å²) in [7, 11) is 0. The molecule has 0 aliphatic heterocycles. The molecule has 0 aromatic rings. The molecule has 0 bridgehead atoms. The fraction of sp³-hybridized carbons (Fsp3) is 0.700. The molecule has 0 heterocycles. The van der Waals surface area contributed by atoms with Crippen LogP contribution in [0.15, 0.2) is 11.6 Å². The van der Waals surface area contributed by atoms with Gasteiger partial charge in [0.05, 0.1) is 0 Å². The van der Waals surface area contributed by atoms with Gasteiger partial charge in [0.2, 0.25) is 0 Å². The van der Waals surface area contributed by atoms with Gasteiger partial charge in [-0.2, -0.15) is 0 Å². The summed E-state index contributed by atoms with van der Waals surface area (Å²) < 4.78 is 0. The van der Waals surface area contributed by atoms with E-state index in [0.29, 0.717) is 17.6 Å². The minimum Gasteiger partial charge on any atom is -0.298 e. The van der Waals surface area contributed by atoms with Gasteiger partial charge in [0, 0.05) is 11.3 Å². The van der Waals surface area contributed by atoms with Gasteiger partial charge in [-0.15, -0.1) is 0 Å². The van der Waals surface area contributed by atoms with Crippen molar-refractivity contribution in [3.63, 3.8) is 0 Å². The van der Waals surface area contributed by atoms with E-state index in [-0.39, 0.29) is 5.41 Å². The molecule has 1 fully saturated rings. The fourth-order valence-corrected chi connectivity index (χ4v) is 2.48. The molecule has 0 saturated heterocycles. The van der Waals surface area contributed by atoms with Crippen LogP contribution in [0.3, 0.4) is 0 Å². The Bertz CT molecular complexity index is 248. The topological polar surface area (TPSA) is 17.1 Å². The van der Waals surface area contributed by atoms with Crippen LogP contribution in [-0.2, 0) is 4.79 Å². The number of ketones is 1. The summed E-state index contributed by atoms with van der Waals surface area (Å²) in [4.78, 5) is 11.5. The molecular weight excluding hydrogens is 136 g/mol. The Hall–Kier alpha value is -0.590. The van der Waals surface area contributed by atoms with Gasteiger partial charge < -0.3 is 0 Å². The highest BCUT2D eigenvalue weighted by molar-refractivity contribution is 5.96. The van der Waals surface area contributed by atoms with Crippen molar-refractivity contribution in [2.24, 2.45) is 17.3 Å². The molecule has 0 radical (unpaired) electrons. The molecule has 0 unspecified atom stereocenters. The first-order valence-electron chi connectivity index (χ1n) is 4.26. The average molecular weight is 150 g/mol. The third-order valence-electron chi connectivity index (χ3n) is 3.43. The van der Waals surface area contributed by atoms with Crippen molar-refractivity contribution in [1.82, 2.24) is 0 Å². The standard InChI is InChI=1S/C10H14O/c1-6-4-5-7-8(6)9(11)10(7,2)3/h4,7-8H,5H2,1-3H3/t7-,8+/m1/s1. The lowest BCUT2D eigenvalue weighted by Gasteiger charge is -2.46. The number of carbonyl (C=O) groups excluding carboxylic acids is 1. The third-order valence-corrected chi connectivity index (χ3v) is 3.43. The molecule has 0 aromatic carbocycles. The molecule has 11 heavy (non-hydrogen) atoms. The van der Waals surface area contributed by atoms with Crippen LogP contribution in [-0.4, -0.2) is 5.78 Å². The summed E-state index contributed by atoms with van der Waals surface area (Å²) in [5.41, 5.74) is 1.28. The zero-order chi connectivity index (χ0) is 8.22. The second-order valence-electron chi connectivity index (χ2n) is 4.35. The number of hydrogen-bond donors (Lipinski definition) is 0. The summed E-state index contributed by atoms with van der Waals surface area (Å²) in [5.74, 6) is 1.37. The number of fused-ring (bicyclic) bond motifs is 1. The molecule has 1 heteroatoms.